The van der Waals surface area contributed by atoms with Crippen molar-refractivity contribution in [3.05, 3.63) is 41.2 Å². The molecular weight excluding hydrogens is 565 g/mol. The number of halogens is 3. The Hall–Kier alpha value is -2.89. The number of aliphatic hydroxyl groups excluding tert-OH is 8. The van der Waals surface area contributed by atoms with E-state index in [-0.39, 0.29) is 5.69 Å². The van der Waals surface area contributed by atoms with E-state index in [0.29, 0.717) is 17.0 Å². The highest BCUT2D eigenvalue weighted by molar-refractivity contribution is 6.08. The zero-order chi connectivity index (χ0) is 30.8. The quantitative estimate of drug-likeness (QED) is 0.0972. The zero-order valence-electron chi connectivity index (χ0n) is 21.2. The minimum absolute atomic E-state index is 0.363. The molecule has 0 unspecified atom stereocenters. The number of hydrogen-bond donors (Lipinski definition) is 8. The molecule has 14 nitrogen and oxygen atoms in total. The number of carbonyl (C=O) groups is 1. The van der Waals surface area contributed by atoms with E-state index >= 15 is 0 Å². The molecule has 2 saturated heterocycles. The second kappa shape index (κ2) is 13.0. The third kappa shape index (κ3) is 6.62. The maximum absolute atomic E-state index is 13.3. The maximum atomic E-state index is 13.3. The molecule has 2 aliphatic rings. The number of nitrogens with zero attached hydrogens (tertiary/aromatic N) is 2. The van der Waals surface area contributed by atoms with Crippen molar-refractivity contribution in [1.29, 1.82) is 5.26 Å². The van der Waals surface area contributed by atoms with Crippen molar-refractivity contribution in [3.8, 4) is 6.07 Å². The van der Waals surface area contributed by atoms with Gasteiger partial charge in [-0.2, -0.15) is 18.4 Å². The number of nitriles is 1. The van der Waals surface area contributed by atoms with Gasteiger partial charge >= 0.3 is 6.18 Å². The van der Waals surface area contributed by atoms with Crippen LogP contribution in [0, 0.1) is 11.3 Å². The first-order chi connectivity index (χ1) is 19.2. The van der Waals surface area contributed by atoms with Crippen molar-refractivity contribution in [2.75, 3.05) is 18.1 Å². The van der Waals surface area contributed by atoms with Gasteiger partial charge in [0.2, 0.25) is 0 Å². The number of carbonyl (C=O) groups excluding carboxylic acids is 1. The van der Waals surface area contributed by atoms with Gasteiger partial charge in [-0.05, 0) is 31.2 Å². The lowest BCUT2D eigenvalue weighted by Crippen LogP contribution is -2.67. The van der Waals surface area contributed by atoms with Crippen LogP contribution in [0.3, 0.4) is 0 Å². The number of allylic oxidation sites excluding steroid dienone is 1. The average Bonchev–Trinajstić information content (AvgIpc) is 2.92. The minimum Gasteiger partial charge on any atom is -0.511 e. The van der Waals surface area contributed by atoms with Crippen LogP contribution in [0.25, 0.3) is 0 Å². The van der Waals surface area contributed by atoms with Gasteiger partial charge in [-0.15, -0.1) is 0 Å². The fourth-order valence-electron chi connectivity index (χ4n) is 4.38. The molecule has 10 atom stereocenters. The van der Waals surface area contributed by atoms with E-state index in [1.807, 2.05) is 0 Å². The Morgan fingerprint density at radius 3 is 2.02 bits per heavy atom. The summed E-state index contributed by atoms with van der Waals surface area (Å²) in [5.41, 5.74) is -2.34. The summed E-state index contributed by atoms with van der Waals surface area (Å²) in [5.74, 6) is -2.11. The number of aliphatic hydroxyl groups is 8. The molecule has 3 rings (SSSR count). The average molecular weight is 594 g/mol. The van der Waals surface area contributed by atoms with Crippen molar-refractivity contribution in [2.24, 2.45) is 0 Å². The second-order valence-corrected chi connectivity index (χ2v) is 9.32. The molecular formula is C24H29F3N2O12. The molecule has 0 aliphatic carbocycles. The number of benzene rings is 1. The Balaban J connectivity index is 1.98. The van der Waals surface area contributed by atoms with Crippen LogP contribution in [0.15, 0.2) is 35.6 Å². The largest absolute Gasteiger partial charge is 0.511 e. The number of ether oxygens (including phenoxy) is 3. The normalized spacial score (nSPS) is 34.9. The van der Waals surface area contributed by atoms with Gasteiger partial charge in [0.15, 0.2) is 18.1 Å². The van der Waals surface area contributed by atoms with Crippen LogP contribution in [0.2, 0.25) is 0 Å². The Labute approximate surface area is 230 Å². The maximum Gasteiger partial charge on any atom is 0.416 e. The molecule has 1 aromatic carbocycles. The van der Waals surface area contributed by atoms with Crippen LogP contribution < -0.4 is 4.90 Å². The number of hydrogen-bond acceptors (Lipinski definition) is 13. The first kappa shape index (κ1) is 32.6. The first-order valence-electron chi connectivity index (χ1n) is 12.1. The van der Waals surface area contributed by atoms with Gasteiger partial charge in [0.25, 0.3) is 5.91 Å². The molecule has 0 saturated carbocycles. The monoisotopic (exact) mass is 594 g/mol. The Morgan fingerprint density at radius 2 is 1.54 bits per heavy atom. The number of alkyl halides is 3. The van der Waals surface area contributed by atoms with Gasteiger partial charge in [-0.3, -0.25) is 9.69 Å². The summed E-state index contributed by atoms with van der Waals surface area (Å²) in [6.07, 6.45) is -23.1. The SMILES string of the molecule is C/C(O)=C(\C#N)C(=O)N(c1ccc(C(F)(F)F)cc1)[C@@H]1O[C@H](CO)[C@@H](O[C@@H]2O[C@H](CO)[C@H](O)[C@H](O)[C@H]2O)[C@H](O)[C@H]1O. The molecule has 8 N–H and O–H groups in total. The fraction of sp³-hybridized carbons (Fsp3) is 0.583. The number of anilines is 1. The smallest absolute Gasteiger partial charge is 0.416 e. The second-order valence-electron chi connectivity index (χ2n) is 9.32. The predicted octanol–water partition coefficient (Wildman–Crippen LogP) is -1.98. The molecule has 1 aromatic rings. The van der Waals surface area contributed by atoms with E-state index in [1.165, 1.54) is 6.07 Å². The highest BCUT2D eigenvalue weighted by atomic mass is 19.4. The van der Waals surface area contributed by atoms with Gasteiger partial charge in [0.1, 0.15) is 60.7 Å². The van der Waals surface area contributed by atoms with E-state index in [4.69, 9.17) is 14.2 Å². The molecule has 41 heavy (non-hydrogen) atoms. The van der Waals surface area contributed by atoms with E-state index in [0.717, 1.165) is 19.1 Å². The lowest BCUT2D eigenvalue weighted by atomic mass is 9.95. The predicted molar refractivity (Wildman–Crippen MR) is 126 cm³/mol. The molecule has 2 fully saturated rings. The lowest BCUT2D eigenvalue weighted by molar-refractivity contribution is -0.341. The zero-order valence-corrected chi connectivity index (χ0v) is 21.2. The minimum atomic E-state index is -4.75. The third-order valence-corrected chi connectivity index (χ3v) is 6.61. The Bertz CT molecular complexity index is 1140. The number of amides is 1. The van der Waals surface area contributed by atoms with Crippen molar-refractivity contribution in [1.82, 2.24) is 0 Å². The summed E-state index contributed by atoms with van der Waals surface area (Å²) in [4.78, 5) is 13.8. The molecule has 0 aromatic heterocycles. The molecule has 2 aliphatic heterocycles. The standard InChI is InChI=1S/C24H29F3N2O12/c1-9(32)12(6-28)21(38)29(11-4-2-10(3-5-11)24(25,26)27)22-18(36)17(35)20(14(8-31)39-22)41-23-19(37)16(34)15(33)13(7-30)40-23/h2-5,13-20,22-23,30-37H,7-8H2,1H3/b12-9-/t13-,14-,15+,16+,17-,18-,19-,20-,22-,23+/m1/s1. The highest BCUT2D eigenvalue weighted by Gasteiger charge is 2.52. The summed E-state index contributed by atoms with van der Waals surface area (Å²) in [5, 5.41) is 90.7. The van der Waals surface area contributed by atoms with Gasteiger partial charge in [0.05, 0.1) is 18.8 Å². The van der Waals surface area contributed by atoms with E-state index in [2.05, 4.69) is 0 Å². The lowest BCUT2D eigenvalue weighted by Gasteiger charge is -2.48. The summed E-state index contributed by atoms with van der Waals surface area (Å²) in [7, 11) is 0. The summed E-state index contributed by atoms with van der Waals surface area (Å²) < 4.78 is 55.6. The van der Waals surface area contributed by atoms with E-state index in [9.17, 15) is 64.1 Å². The summed E-state index contributed by atoms with van der Waals surface area (Å²) in [6.45, 7) is -0.807. The van der Waals surface area contributed by atoms with Crippen LogP contribution in [0.5, 0.6) is 0 Å². The molecule has 1 amide bonds. The third-order valence-electron chi connectivity index (χ3n) is 6.61. The summed E-state index contributed by atoms with van der Waals surface area (Å²) >= 11 is 0. The number of rotatable bonds is 7. The molecule has 0 bridgehead atoms. The van der Waals surface area contributed by atoms with Gasteiger partial charge < -0.3 is 55.1 Å². The topological polar surface area (TPSA) is 234 Å². The van der Waals surface area contributed by atoms with Crippen LogP contribution in [-0.2, 0) is 25.2 Å². The molecule has 17 heteroatoms. The Morgan fingerprint density at radius 1 is 0.951 bits per heavy atom. The van der Waals surface area contributed by atoms with Crippen LogP contribution in [0.1, 0.15) is 12.5 Å². The molecule has 2 heterocycles. The van der Waals surface area contributed by atoms with Gasteiger partial charge in [-0.1, -0.05) is 0 Å². The highest BCUT2D eigenvalue weighted by Crippen LogP contribution is 2.35. The van der Waals surface area contributed by atoms with Crippen LogP contribution in [-0.4, -0.2) is 121 Å². The Kier molecular flexibility index (Phi) is 10.3. The van der Waals surface area contributed by atoms with Crippen LogP contribution in [0.4, 0.5) is 18.9 Å². The molecule has 228 valence electrons. The van der Waals surface area contributed by atoms with E-state index in [1.54, 1.807) is 0 Å². The van der Waals surface area contributed by atoms with Crippen molar-refractivity contribution in [3.63, 3.8) is 0 Å². The molecule has 0 radical (unpaired) electrons. The van der Waals surface area contributed by atoms with Gasteiger partial charge in [0, 0.05) is 5.69 Å². The van der Waals surface area contributed by atoms with Crippen molar-refractivity contribution in [2.45, 2.75) is 74.4 Å². The van der Waals surface area contributed by atoms with Gasteiger partial charge in [-0.25, -0.2) is 0 Å². The molecule has 0 spiro atoms. The fourth-order valence-corrected chi connectivity index (χ4v) is 4.38. The first-order valence-corrected chi connectivity index (χ1v) is 12.1. The van der Waals surface area contributed by atoms with E-state index < -0.39 is 104 Å². The van der Waals surface area contributed by atoms with Crippen molar-refractivity contribution >= 4 is 11.6 Å². The van der Waals surface area contributed by atoms with Crippen molar-refractivity contribution < 1.29 is 73.0 Å². The van der Waals surface area contributed by atoms with Crippen LogP contribution >= 0.6 is 0 Å². The summed E-state index contributed by atoms with van der Waals surface area (Å²) in [6, 6.07) is 4.26.